The fourth-order valence-electron chi connectivity index (χ4n) is 15.3. The molecule has 0 fully saturated rings. The van der Waals surface area contributed by atoms with E-state index in [0.29, 0.717) is 5.92 Å². The van der Waals surface area contributed by atoms with Crippen LogP contribution >= 0.6 is 0 Å². The van der Waals surface area contributed by atoms with Crippen LogP contribution in [-0.2, 0) is 0 Å². The highest BCUT2D eigenvalue weighted by Crippen LogP contribution is 2.49. The number of hydrogen-bond acceptors (Lipinski definition) is 0. The van der Waals surface area contributed by atoms with E-state index in [0.717, 1.165) is 0 Å². The van der Waals surface area contributed by atoms with Crippen LogP contribution in [0, 0.1) is 0 Å². The molecule has 0 N–H and O–H groups in total. The van der Waals surface area contributed by atoms with Gasteiger partial charge in [0, 0.05) is 43.1 Å². The highest BCUT2D eigenvalue weighted by atomic mass is 14.9. The minimum absolute atomic E-state index is 0.338. The third-order valence-corrected chi connectivity index (χ3v) is 19.4. The summed E-state index contributed by atoms with van der Waals surface area (Å²) in [5, 5.41) is 20.1. The number of aromatic nitrogens is 2. The van der Waals surface area contributed by atoms with Crippen LogP contribution in [0.4, 0.5) is 0 Å². The second kappa shape index (κ2) is 18.2. The normalized spacial score (nSPS) is 12.4. The summed E-state index contributed by atoms with van der Waals surface area (Å²) >= 11 is 0. The first-order chi connectivity index (χ1) is 42.9. The first-order valence-electron chi connectivity index (χ1n) is 30.6. The van der Waals surface area contributed by atoms with Crippen molar-refractivity contribution in [3.8, 4) is 66.8 Å². The molecule has 0 radical (unpaired) electrons. The van der Waals surface area contributed by atoms with Gasteiger partial charge in [-0.05, 0) is 218 Å². The Labute approximate surface area is 502 Å². The Morgan fingerprint density at radius 1 is 0.207 bits per heavy atom. The molecule has 87 heavy (non-hydrogen) atoms. The Kier molecular flexibility index (Phi) is 10.1. The van der Waals surface area contributed by atoms with Crippen LogP contribution in [0.25, 0.3) is 186 Å². The number of nitrogens with zero attached hydrogens (tertiary/aromatic N) is 2. The summed E-state index contributed by atoms with van der Waals surface area (Å²) in [6.45, 7) is 4.65. The molecule has 404 valence electrons. The van der Waals surface area contributed by atoms with Gasteiger partial charge in [-0.2, -0.15) is 0 Å². The van der Waals surface area contributed by atoms with Gasteiger partial charge in [-0.25, -0.2) is 0 Å². The highest BCUT2D eigenvalue weighted by Gasteiger charge is 2.25. The van der Waals surface area contributed by atoms with E-state index in [4.69, 9.17) is 0 Å². The molecule has 2 nitrogen and oxygen atoms in total. The van der Waals surface area contributed by atoms with Crippen LogP contribution < -0.4 is 0 Å². The van der Waals surface area contributed by atoms with Crippen molar-refractivity contribution in [1.29, 1.82) is 0 Å². The maximum absolute atomic E-state index is 2.57. The summed E-state index contributed by atoms with van der Waals surface area (Å²) in [4.78, 5) is 0. The maximum atomic E-state index is 2.57. The molecule has 4 aromatic heterocycles. The van der Waals surface area contributed by atoms with Gasteiger partial charge in [0.25, 0.3) is 0 Å². The molecule has 2 heteroatoms. The molecule has 0 aliphatic rings. The third kappa shape index (κ3) is 7.16. The smallest absolute Gasteiger partial charge is 0.0620 e. The van der Waals surface area contributed by atoms with Crippen molar-refractivity contribution in [3.63, 3.8) is 0 Å². The van der Waals surface area contributed by atoms with Crippen LogP contribution in [0.1, 0.15) is 25.3 Å². The van der Waals surface area contributed by atoms with Gasteiger partial charge in [0.05, 0.1) is 33.1 Å². The molecule has 0 saturated heterocycles. The van der Waals surface area contributed by atoms with Crippen molar-refractivity contribution >= 4 is 119 Å². The van der Waals surface area contributed by atoms with Crippen molar-refractivity contribution in [2.75, 3.05) is 0 Å². The SMILES string of the molecule is CC(C)c1ccc(-c2ccccc2)cc1-c1cc2c3cc4ccccc4cc3n3c4cc5cccc(-c6cccc7cc8c(cc67)c6cc(-c7cc(-c9ccccc9)cc(-c9ccccc9)c7)cc7c9cc%10ccccc%10cc9n8c76)c5cc4c(c1)c23. The minimum Gasteiger partial charge on any atom is -0.308 e. The average Bonchev–Trinajstić information content (AvgIpc) is 1.68. The molecular weight excluding hydrogens is 1050 g/mol. The molecule has 0 atom stereocenters. The van der Waals surface area contributed by atoms with E-state index < -0.39 is 0 Å². The Hall–Kier alpha value is -11.1. The molecule has 19 rings (SSSR count). The number of fused-ring (bicyclic) bond motifs is 16. The predicted molar refractivity (Wildman–Crippen MR) is 372 cm³/mol. The van der Waals surface area contributed by atoms with Crippen LogP contribution in [0.15, 0.2) is 285 Å². The molecule has 0 aliphatic heterocycles. The molecule has 15 aromatic carbocycles. The molecule has 19 aromatic rings. The van der Waals surface area contributed by atoms with Crippen LogP contribution in [-0.4, -0.2) is 8.80 Å². The van der Waals surface area contributed by atoms with E-state index in [9.17, 15) is 0 Å². The lowest BCUT2D eigenvalue weighted by Crippen LogP contribution is -1.94. The summed E-state index contributed by atoms with van der Waals surface area (Å²) in [5.41, 5.74) is 23.5. The number of benzene rings is 15. The second-order valence-corrected chi connectivity index (χ2v) is 24.6. The summed E-state index contributed by atoms with van der Waals surface area (Å²) in [7, 11) is 0. The minimum atomic E-state index is 0.338. The second-order valence-electron chi connectivity index (χ2n) is 24.6. The lowest BCUT2D eigenvalue weighted by molar-refractivity contribution is 0.869. The van der Waals surface area contributed by atoms with Gasteiger partial charge < -0.3 is 8.80 Å². The van der Waals surface area contributed by atoms with Gasteiger partial charge in [-0.15, -0.1) is 0 Å². The van der Waals surface area contributed by atoms with Crippen molar-refractivity contribution in [3.05, 3.63) is 291 Å². The van der Waals surface area contributed by atoms with E-state index in [1.807, 2.05) is 0 Å². The van der Waals surface area contributed by atoms with E-state index >= 15 is 0 Å². The summed E-state index contributed by atoms with van der Waals surface area (Å²) in [6.07, 6.45) is 0. The van der Waals surface area contributed by atoms with Crippen molar-refractivity contribution in [2.45, 2.75) is 19.8 Å². The van der Waals surface area contributed by atoms with E-state index in [1.165, 1.54) is 192 Å². The Balaban J connectivity index is 0.864. The zero-order valence-corrected chi connectivity index (χ0v) is 48.1. The van der Waals surface area contributed by atoms with Gasteiger partial charge in [0.2, 0.25) is 0 Å². The van der Waals surface area contributed by atoms with Crippen molar-refractivity contribution < 1.29 is 0 Å². The van der Waals surface area contributed by atoms with E-state index in [1.54, 1.807) is 0 Å². The Morgan fingerprint density at radius 2 is 0.552 bits per heavy atom. The van der Waals surface area contributed by atoms with Crippen LogP contribution in [0.2, 0.25) is 0 Å². The van der Waals surface area contributed by atoms with Crippen molar-refractivity contribution in [1.82, 2.24) is 8.80 Å². The fourth-order valence-corrected chi connectivity index (χ4v) is 15.3. The molecule has 0 unspecified atom stereocenters. The molecule has 0 bridgehead atoms. The van der Waals surface area contributed by atoms with E-state index in [2.05, 4.69) is 308 Å². The standard InChI is InChI=1S/C85H54N2/c1-50(2)66-33-32-58(51-18-6-3-7-19-51)37-69(66)65-42-78-73-39-55-25-13-15-27-57(55)45-81(73)87-83-47-60-29-17-31-68(71(60)49-75(83)79(43-65)85(78)87)67-30-16-28-59-46-82-74(48-70(59)67)77-41-64(40-76-72-38-54-24-12-14-26-56(54)44-80(72)86(82)84(76)77)63-35-61(52-20-8-4-9-21-52)34-62(36-63)53-22-10-5-11-23-53/h3-50H,1-2H3. The lowest BCUT2D eigenvalue weighted by atomic mass is 9.88. The Morgan fingerprint density at radius 3 is 0.989 bits per heavy atom. The maximum Gasteiger partial charge on any atom is 0.0620 e. The average molecular weight is 1100 g/mol. The topological polar surface area (TPSA) is 8.82 Å². The highest BCUT2D eigenvalue weighted by molar-refractivity contribution is 6.30. The zero-order valence-electron chi connectivity index (χ0n) is 48.1. The molecular formula is C85H54N2. The quantitative estimate of drug-likeness (QED) is 0.150. The number of rotatable bonds is 7. The third-order valence-electron chi connectivity index (χ3n) is 19.4. The first-order valence-corrected chi connectivity index (χ1v) is 30.6. The molecule has 0 aliphatic carbocycles. The molecule has 0 amide bonds. The molecule has 0 spiro atoms. The Bertz CT molecular complexity index is 6000. The fraction of sp³-hybridized carbons (Fsp3) is 0.0353. The predicted octanol–water partition coefficient (Wildman–Crippen LogP) is 23.7. The van der Waals surface area contributed by atoms with Crippen LogP contribution in [0.3, 0.4) is 0 Å². The van der Waals surface area contributed by atoms with Gasteiger partial charge in [-0.3, -0.25) is 0 Å². The number of hydrogen-bond donors (Lipinski definition) is 0. The van der Waals surface area contributed by atoms with Gasteiger partial charge in [-0.1, -0.05) is 202 Å². The van der Waals surface area contributed by atoms with Gasteiger partial charge >= 0.3 is 0 Å². The van der Waals surface area contributed by atoms with Crippen molar-refractivity contribution in [2.24, 2.45) is 0 Å². The lowest BCUT2D eigenvalue weighted by Gasteiger charge is -2.16. The van der Waals surface area contributed by atoms with E-state index in [-0.39, 0.29) is 0 Å². The summed E-state index contributed by atoms with van der Waals surface area (Å²) in [5.74, 6) is 0.338. The molecule has 0 saturated carbocycles. The monoisotopic (exact) mass is 1100 g/mol. The van der Waals surface area contributed by atoms with Crippen LogP contribution in [0.5, 0.6) is 0 Å². The first kappa shape index (κ1) is 48.3. The largest absolute Gasteiger partial charge is 0.308 e. The van der Waals surface area contributed by atoms with Gasteiger partial charge in [0.15, 0.2) is 0 Å². The zero-order chi connectivity index (χ0) is 57.2. The molecule has 4 heterocycles. The summed E-state index contributed by atoms with van der Waals surface area (Å²) in [6, 6.07) is 108. The summed E-state index contributed by atoms with van der Waals surface area (Å²) < 4.78 is 5.13. The van der Waals surface area contributed by atoms with Gasteiger partial charge in [0.1, 0.15) is 0 Å².